The number of hydrogen-bond acceptors (Lipinski definition) is 3. The first-order valence-corrected chi connectivity index (χ1v) is 7.14. The number of benzene rings is 2. The van der Waals surface area contributed by atoms with Crippen molar-refractivity contribution in [1.29, 1.82) is 0 Å². The molecule has 0 aliphatic carbocycles. The fourth-order valence-electron chi connectivity index (χ4n) is 2.00. The Morgan fingerprint density at radius 1 is 1.00 bits per heavy atom. The maximum absolute atomic E-state index is 12.2. The van der Waals surface area contributed by atoms with Crippen LogP contribution in [0.25, 0.3) is 0 Å². The van der Waals surface area contributed by atoms with Gasteiger partial charge in [0, 0.05) is 30.9 Å². The molecule has 2 amide bonds. The van der Waals surface area contributed by atoms with Crippen LogP contribution in [0.3, 0.4) is 0 Å². The summed E-state index contributed by atoms with van der Waals surface area (Å²) in [6.07, 6.45) is -4.79. The predicted octanol–water partition coefficient (Wildman–Crippen LogP) is 3.54. The third-order valence-electron chi connectivity index (χ3n) is 3.12. The lowest BCUT2D eigenvalue weighted by molar-refractivity contribution is -0.274. The van der Waals surface area contributed by atoms with Gasteiger partial charge in [-0.3, -0.25) is 9.59 Å². The van der Waals surface area contributed by atoms with Gasteiger partial charge in [-0.05, 0) is 42.5 Å². The number of ether oxygens (including phenoxy) is 1. The number of nitrogens with zero attached hydrogens (tertiary/aromatic N) is 1. The van der Waals surface area contributed by atoms with E-state index in [1.807, 2.05) is 0 Å². The van der Waals surface area contributed by atoms with Crippen molar-refractivity contribution < 1.29 is 27.5 Å². The van der Waals surface area contributed by atoms with Gasteiger partial charge in [0.25, 0.3) is 11.8 Å². The normalized spacial score (nSPS) is 10.9. The van der Waals surface area contributed by atoms with E-state index in [0.717, 1.165) is 12.1 Å². The summed E-state index contributed by atoms with van der Waals surface area (Å²) >= 11 is 0. The van der Waals surface area contributed by atoms with Gasteiger partial charge in [-0.1, -0.05) is 6.07 Å². The molecule has 0 bridgehead atoms. The molecule has 132 valence electrons. The number of carbonyl (C=O) groups excluding carboxylic acids is 2. The van der Waals surface area contributed by atoms with Gasteiger partial charge in [-0.25, -0.2) is 0 Å². The Balaban J connectivity index is 2.09. The Morgan fingerprint density at radius 3 is 2.20 bits per heavy atom. The molecule has 0 heterocycles. The van der Waals surface area contributed by atoms with E-state index < -0.39 is 18.0 Å². The summed E-state index contributed by atoms with van der Waals surface area (Å²) in [6.45, 7) is 0. The first-order chi connectivity index (χ1) is 11.7. The van der Waals surface area contributed by atoms with Crippen LogP contribution in [0.15, 0.2) is 48.5 Å². The Labute approximate surface area is 142 Å². The molecule has 25 heavy (non-hydrogen) atoms. The molecule has 2 rings (SSSR count). The van der Waals surface area contributed by atoms with Gasteiger partial charge in [0.1, 0.15) is 5.75 Å². The second-order valence-electron chi connectivity index (χ2n) is 5.31. The van der Waals surface area contributed by atoms with Crippen molar-refractivity contribution in [2.45, 2.75) is 6.36 Å². The van der Waals surface area contributed by atoms with Gasteiger partial charge in [0.15, 0.2) is 0 Å². The van der Waals surface area contributed by atoms with Gasteiger partial charge in [0.2, 0.25) is 0 Å². The van der Waals surface area contributed by atoms with Gasteiger partial charge in [0.05, 0.1) is 0 Å². The van der Waals surface area contributed by atoms with E-state index in [4.69, 9.17) is 0 Å². The van der Waals surface area contributed by atoms with Crippen LogP contribution in [0.5, 0.6) is 5.75 Å². The number of carbonyl (C=O) groups is 2. The summed E-state index contributed by atoms with van der Waals surface area (Å²) in [5.74, 6) is -1.15. The first-order valence-electron chi connectivity index (χ1n) is 7.14. The van der Waals surface area contributed by atoms with Gasteiger partial charge < -0.3 is 15.0 Å². The second kappa shape index (κ2) is 7.25. The highest BCUT2D eigenvalue weighted by Crippen LogP contribution is 2.23. The van der Waals surface area contributed by atoms with E-state index in [9.17, 15) is 22.8 Å². The van der Waals surface area contributed by atoms with Crippen LogP contribution in [-0.2, 0) is 0 Å². The Morgan fingerprint density at radius 2 is 1.64 bits per heavy atom. The smallest absolute Gasteiger partial charge is 0.406 e. The lowest BCUT2D eigenvalue weighted by Gasteiger charge is -2.12. The van der Waals surface area contributed by atoms with Gasteiger partial charge in [-0.15, -0.1) is 13.2 Å². The van der Waals surface area contributed by atoms with E-state index in [2.05, 4.69) is 10.1 Å². The highest BCUT2D eigenvalue weighted by atomic mass is 19.4. The van der Waals surface area contributed by atoms with Crippen LogP contribution in [0.4, 0.5) is 18.9 Å². The Hall–Kier alpha value is -3.03. The Kier molecular flexibility index (Phi) is 5.31. The number of hydrogen-bond donors (Lipinski definition) is 1. The van der Waals surface area contributed by atoms with Crippen molar-refractivity contribution in [2.75, 3.05) is 19.4 Å². The lowest BCUT2D eigenvalue weighted by Crippen LogP contribution is -2.22. The second-order valence-corrected chi connectivity index (χ2v) is 5.31. The van der Waals surface area contributed by atoms with Crippen molar-refractivity contribution in [3.63, 3.8) is 0 Å². The molecule has 0 aliphatic heterocycles. The summed E-state index contributed by atoms with van der Waals surface area (Å²) < 4.78 is 40.1. The van der Waals surface area contributed by atoms with Crippen molar-refractivity contribution in [2.24, 2.45) is 0 Å². The molecular formula is C17H15F3N2O3. The molecule has 2 aromatic rings. The van der Waals surface area contributed by atoms with Gasteiger partial charge in [-0.2, -0.15) is 0 Å². The van der Waals surface area contributed by atoms with Gasteiger partial charge >= 0.3 is 6.36 Å². The van der Waals surface area contributed by atoms with Crippen LogP contribution in [-0.4, -0.2) is 37.2 Å². The summed E-state index contributed by atoms with van der Waals surface area (Å²) in [4.78, 5) is 25.5. The highest BCUT2D eigenvalue weighted by Gasteiger charge is 2.31. The summed E-state index contributed by atoms with van der Waals surface area (Å²) in [7, 11) is 3.22. The van der Waals surface area contributed by atoms with Crippen molar-refractivity contribution in [3.05, 3.63) is 59.7 Å². The fraction of sp³-hybridized carbons (Fsp3) is 0.176. The standard InChI is InChI=1S/C17H15F3N2O3/c1-22(2)16(24)12-4-3-5-13(10-12)21-15(23)11-6-8-14(9-7-11)25-17(18,19)20/h3-10H,1-2H3,(H,21,23). The van der Waals surface area contributed by atoms with Crippen molar-refractivity contribution >= 4 is 17.5 Å². The highest BCUT2D eigenvalue weighted by molar-refractivity contribution is 6.05. The molecule has 0 spiro atoms. The maximum atomic E-state index is 12.2. The minimum atomic E-state index is -4.79. The molecule has 5 nitrogen and oxygen atoms in total. The predicted molar refractivity (Wildman–Crippen MR) is 85.5 cm³/mol. The molecule has 0 aromatic heterocycles. The Bertz CT molecular complexity index is 771. The average molecular weight is 352 g/mol. The molecule has 1 N–H and O–H groups in total. The van der Waals surface area contributed by atoms with Crippen LogP contribution in [0.1, 0.15) is 20.7 Å². The van der Waals surface area contributed by atoms with Crippen LogP contribution < -0.4 is 10.1 Å². The molecule has 8 heteroatoms. The van der Waals surface area contributed by atoms with E-state index in [1.54, 1.807) is 32.3 Å². The monoisotopic (exact) mass is 352 g/mol. The van der Waals surface area contributed by atoms with Crippen molar-refractivity contribution in [3.8, 4) is 5.75 Å². The van der Waals surface area contributed by atoms with Crippen LogP contribution >= 0.6 is 0 Å². The zero-order chi connectivity index (χ0) is 18.6. The molecule has 0 radical (unpaired) electrons. The van der Waals surface area contributed by atoms with E-state index >= 15 is 0 Å². The molecule has 0 unspecified atom stereocenters. The number of halogens is 3. The maximum Gasteiger partial charge on any atom is 0.573 e. The number of nitrogens with one attached hydrogen (secondary N) is 1. The van der Waals surface area contributed by atoms with E-state index in [-0.39, 0.29) is 11.5 Å². The molecule has 2 aromatic carbocycles. The average Bonchev–Trinajstić information content (AvgIpc) is 2.53. The zero-order valence-corrected chi connectivity index (χ0v) is 13.4. The summed E-state index contributed by atoms with van der Waals surface area (Å²) in [6, 6.07) is 10.9. The topological polar surface area (TPSA) is 58.6 Å². The van der Waals surface area contributed by atoms with E-state index in [0.29, 0.717) is 11.3 Å². The third-order valence-corrected chi connectivity index (χ3v) is 3.12. The fourth-order valence-corrected chi connectivity index (χ4v) is 2.00. The number of amides is 2. The number of alkyl halides is 3. The van der Waals surface area contributed by atoms with Crippen molar-refractivity contribution in [1.82, 2.24) is 4.90 Å². The zero-order valence-electron chi connectivity index (χ0n) is 13.4. The first kappa shape index (κ1) is 18.3. The SMILES string of the molecule is CN(C)C(=O)c1cccc(NC(=O)c2ccc(OC(F)(F)F)cc2)c1. The third kappa shape index (κ3) is 5.23. The molecule has 0 atom stereocenters. The minimum Gasteiger partial charge on any atom is -0.406 e. The number of anilines is 1. The summed E-state index contributed by atoms with van der Waals surface area (Å²) in [5, 5.41) is 2.59. The molecule has 0 aliphatic rings. The van der Waals surface area contributed by atoms with Crippen LogP contribution in [0, 0.1) is 0 Å². The lowest BCUT2D eigenvalue weighted by atomic mass is 10.1. The largest absolute Gasteiger partial charge is 0.573 e. The molecular weight excluding hydrogens is 337 g/mol. The summed E-state index contributed by atoms with van der Waals surface area (Å²) in [5.41, 5.74) is 0.948. The van der Waals surface area contributed by atoms with E-state index in [1.165, 1.54) is 23.1 Å². The molecule has 0 saturated heterocycles. The molecule has 0 saturated carbocycles. The quantitative estimate of drug-likeness (QED) is 0.916. The number of rotatable bonds is 4. The van der Waals surface area contributed by atoms with Crippen LogP contribution in [0.2, 0.25) is 0 Å². The molecule has 0 fully saturated rings. The minimum absolute atomic E-state index is 0.152.